The molecule has 3 aromatic rings. The molecule has 0 N–H and O–H groups in total. The van der Waals surface area contributed by atoms with Gasteiger partial charge in [0, 0.05) is 5.56 Å². The topological polar surface area (TPSA) is 57.1 Å². The van der Waals surface area contributed by atoms with E-state index in [9.17, 15) is 4.79 Å². The molecule has 31 heavy (non-hydrogen) atoms. The summed E-state index contributed by atoms with van der Waals surface area (Å²) < 4.78 is 16.9. The average Bonchev–Trinajstić information content (AvgIpc) is 3.12. The molecule has 0 aromatic heterocycles. The highest BCUT2D eigenvalue weighted by atomic mass is 16.6. The Balaban J connectivity index is 1.38. The standard InChI is InChI=1S/C26H23NO4/c1-18-13-19(2)15-23(14-18)30-12-11-29-22-10-6-7-20(16-22)17-24-26(28)31-25(27-24)21-8-4-3-5-9-21/h3-10,13-17H,11-12H2,1-2H3/b24-17+. The van der Waals surface area contributed by atoms with Gasteiger partial charge in [0.2, 0.25) is 5.90 Å². The number of benzene rings is 3. The summed E-state index contributed by atoms with van der Waals surface area (Å²) in [4.78, 5) is 16.5. The van der Waals surface area contributed by atoms with Crippen LogP contribution in [0.5, 0.6) is 11.5 Å². The highest BCUT2D eigenvalue weighted by Gasteiger charge is 2.23. The maximum absolute atomic E-state index is 12.2. The zero-order valence-corrected chi connectivity index (χ0v) is 17.5. The molecule has 156 valence electrons. The van der Waals surface area contributed by atoms with E-state index in [-0.39, 0.29) is 5.70 Å². The SMILES string of the molecule is Cc1cc(C)cc(OCCOc2cccc(/C=C3/N=C(c4ccccc4)OC3=O)c2)c1. The Hall–Kier alpha value is -3.86. The van der Waals surface area contributed by atoms with E-state index >= 15 is 0 Å². The molecule has 1 aliphatic rings. The van der Waals surface area contributed by atoms with Gasteiger partial charge < -0.3 is 14.2 Å². The van der Waals surface area contributed by atoms with Crippen molar-refractivity contribution in [3.8, 4) is 11.5 Å². The van der Waals surface area contributed by atoms with E-state index in [0.717, 1.165) is 16.9 Å². The number of cyclic esters (lactones) is 1. The average molecular weight is 413 g/mol. The lowest BCUT2D eigenvalue weighted by Crippen LogP contribution is -2.09. The normalized spacial score (nSPS) is 14.3. The van der Waals surface area contributed by atoms with Crippen LogP contribution in [0.2, 0.25) is 0 Å². The molecule has 5 heteroatoms. The van der Waals surface area contributed by atoms with Gasteiger partial charge in [-0.15, -0.1) is 0 Å². The Kier molecular flexibility index (Phi) is 6.13. The van der Waals surface area contributed by atoms with Gasteiger partial charge in [-0.2, -0.15) is 0 Å². The Bertz CT molecular complexity index is 1130. The molecule has 0 saturated heterocycles. The number of hydrogen-bond donors (Lipinski definition) is 0. The van der Waals surface area contributed by atoms with Gasteiger partial charge in [0.1, 0.15) is 24.7 Å². The number of nitrogens with zero attached hydrogens (tertiary/aromatic N) is 1. The number of aryl methyl sites for hydroxylation is 2. The van der Waals surface area contributed by atoms with Gasteiger partial charge in [-0.3, -0.25) is 0 Å². The van der Waals surface area contributed by atoms with Crippen molar-refractivity contribution >= 4 is 17.9 Å². The second kappa shape index (κ2) is 9.30. The fraction of sp³-hybridized carbons (Fsp3) is 0.154. The van der Waals surface area contributed by atoms with Gasteiger partial charge in [0.15, 0.2) is 5.70 Å². The van der Waals surface area contributed by atoms with Gasteiger partial charge in [0.05, 0.1) is 0 Å². The highest BCUT2D eigenvalue weighted by Crippen LogP contribution is 2.21. The second-order valence-corrected chi connectivity index (χ2v) is 7.29. The van der Waals surface area contributed by atoms with Crippen molar-refractivity contribution in [3.63, 3.8) is 0 Å². The third kappa shape index (κ3) is 5.39. The Morgan fingerprint density at radius 3 is 2.29 bits per heavy atom. The van der Waals surface area contributed by atoms with Crippen molar-refractivity contribution in [2.24, 2.45) is 4.99 Å². The summed E-state index contributed by atoms with van der Waals surface area (Å²) in [7, 11) is 0. The minimum atomic E-state index is -0.466. The molecule has 0 fully saturated rings. The van der Waals surface area contributed by atoms with Crippen molar-refractivity contribution in [1.29, 1.82) is 0 Å². The molecule has 5 nitrogen and oxygen atoms in total. The van der Waals surface area contributed by atoms with Crippen molar-refractivity contribution in [2.75, 3.05) is 13.2 Å². The fourth-order valence-electron chi connectivity index (χ4n) is 3.30. The van der Waals surface area contributed by atoms with Crippen molar-refractivity contribution in [3.05, 3.63) is 101 Å². The lowest BCUT2D eigenvalue weighted by molar-refractivity contribution is -0.129. The van der Waals surface area contributed by atoms with Crippen LogP contribution in [0.1, 0.15) is 22.3 Å². The van der Waals surface area contributed by atoms with E-state index < -0.39 is 5.97 Å². The predicted molar refractivity (Wildman–Crippen MR) is 120 cm³/mol. The molecule has 1 heterocycles. The number of aliphatic imine (C=N–C) groups is 1. The highest BCUT2D eigenvalue weighted by molar-refractivity contribution is 6.12. The summed E-state index contributed by atoms with van der Waals surface area (Å²) in [6.07, 6.45) is 1.69. The molecular weight excluding hydrogens is 390 g/mol. The van der Waals surface area contributed by atoms with E-state index in [1.807, 2.05) is 80.6 Å². The Labute approximate surface area is 181 Å². The Morgan fingerprint density at radius 1 is 0.839 bits per heavy atom. The van der Waals surface area contributed by atoms with Crippen LogP contribution in [-0.4, -0.2) is 25.1 Å². The van der Waals surface area contributed by atoms with E-state index in [4.69, 9.17) is 14.2 Å². The third-order valence-electron chi connectivity index (χ3n) is 4.62. The monoisotopic (exact) mass is 413 g/mol. The first kappa shape index (κ1) is 20.4. The first-order valence-corrected chi connectivity index (χ1v) is 10.1. The molecule has 0 atom stereocenters. The Morgan fingerprint density at radius 2 is 1.55 bits per heavy atom. The van der Waals surface area contributed by atoms with Crippen LogP contribution in [-0.2, 0) is 9.53 Å². The van der Waals surface area contributed by atoms with E-state index in [0.29, 0.717) is 24.9 Å². The molecule has 0 spiro atoms. The number of ether oxygens (including phenoxy) is 3. The van der Waals surface area contributed by atoms with Crippen LogP contribution in [0.15, 0.2) is 83.5 Å². The molecular formula is C26H23NO4. The third-order valence-corrected chi connectivity index (χ3v) is 4.62. The lowest BCUT2D eigenvalue weighted by Gasteiger charge is -2.10. The molecule has 1 aliphatic heterocycles. The molecule has 3 aromatic carbocycles. The summed E-state index contributed by atoms with van der Waals surface area (Å²) in [6.45, 7) is 4.93. The molecule has 0 radical (unpaired) electrons. The van der Waals surface area contributed by atoms with Crippen molar-refractivity contribution in [2.45, 2.75) is 13.8 Å². The van der Waals surface area contributed by atoms with Crippen LogP contribution in [0.3, 0.4) is 0 Å². The molecule has 0 saturated carbocycles. The van der Waals surface area contributed by atoms with Crippen LogP contribution in [0.4, 0.5) is 0 Å². The molecule has 0 unspecified atom stereocenters. The smallest absolute Gasteiger partial charge is 0.363 e. The van der Waals surface area contributed by atoms with Crippen LogP contribution < -0.4 is 9.47 Å². The lowest BCUT2D eigenvalue weighted by atomic mass is 10.1. The molecule has 0 amide bonds. The predicted octanol–water partition coefficient (Wildman–Crippen LogP) is 5.11. The minimum absolute atomic E-state index is 0.258. The molecule has 0 aliphatic carbocycles. The largest absolute Gasteiger partial charge is 0.490 e. The second-order valence-electron chi connectivity index (χ2n) is 7.29. The van der Waals surface area contributed by atoms with E-state index in [1.165, 1.54) is 11.1 Å². The van der Waals surface area contributed by atoms with Gasteiger partial charge in [-0.25, -0.2) is 9.79 Å². The van der Waals surface area contributed by atoms with Crippen molar-refractivity contribution in [1.82, 2.24) is 0 Å². The van der Waals surface area contributed by atoms with Crippen LogP contribution in [0, 0.1) is 13.8 Å². The zero-order valence-electron chi connectivity index (χ0n) is 17.5. The number of hydrogen-bond acceptors (Lipinski definition) is 5. The fourth-order valence-corrected chi connectivity index (χ4v) is 3.30. The number of carbonyl (C=O) groups is 1. The first-order valence-electron chi connectivity index (χ1n) is 10.1. The maximum Gasteiger partial charge on any atom is 0.363 e. The van der Waals surface area contributed by atoms with Gasteiger partial charge in [-0.1, -0.05) is 36.4 Å². The summed E-state index contributed by atoms with van der Waals surface area (Å²) >= 11 is 0. The number of esters is 1. The van der Waals surface area contributed by atoms with Crippen molar-refractivity contribution < 1.29 is 19.0 Å². The molecule has 0 bridgehead atoms. The maximum atomic E-state index is 12.2. The van der Waals surface area contributed by atoms with Crippen LogP contribution in [0.25, 0.3) is 6.08 Å². The molecule has 4 rings (SSSR count). The van der Waals surface area contributed by atoms with E-state index in [1.54, 1.807) is 6.08 Å². The van der Waals surface area contributed by atoms with Gasteiger partial charge >= 0.3 is 5.97 Å². The summed E-state index contributed by atoms with van der Waals surface area (Å²) in [6, 6.07) is 22.9. The number of carbonyl (C=O) groups excluding carboxylic acids is 1. The summed E-state index contributed by atoms with van der Waals surface area (Å²) in [5.41, 5.74) is 4.16. The number of rotatable bonds is 7. The van der Waals surface area contributed by atoms with Gasteiger partial charge in [-0.05, 0) is 73.0 Å². The quantitative estimate of drug-likeness (QED) is 0.307. The minimum Gasteiger partial charge on any atom is -0.490 e. The zero-order chi connectivity index (χ0) is 21.6. The summed E-state index contributed by atoms with van der Waals surface area (Å²) in [5, 5.41) is 0. The van der Waals surface area contributed by atoms with Gasteiger partial charge in [0.25, 0.3) is 0 Å². The summed E-state index contributed by atoms with van der Waals surface area (Å²) in [5.74, 6) is 1.38. The first-order chi connectivity index (χ1) is 15.1. The van der Waals surface area contributed by atoms with Crippen LogP contribution >= 0.6 is 0 Å². The van der Waals surface area contributed by atoms with E-state index in [2.05, 4.69) is 11.1 Å².